The first-order chi connectivity index (χ1) is 11.6. The molecule has 1 aliphatic rings. The zero-order chi connectivity index (χ0) is 17.1. The van der Waals surface area contributed by atoms with E-state index in [1.165, 1.54) is 0 Å². The molecule has 24 heavy (non-hydrogen) atoms. The Kier molecular flexibility index (Phi) is 4.99. The molecule has 3 rings (SSSR count). The van der Waals surface area contributed by atoms with Crippen molar-refractivity contribution in [3.63, 3.8) is 0 Å². The van der Waals surface area contributed by atoms with Crippen molar-refractivity contribution in [2.75, 3.05) is 18.0 Å². The van der Waals surface area contributed by atoms with Gasteiger partial charge in [-0.05, 0) is 31.2 Å². The third-order valence-electron chi connectivity index (χ3n) is 4.50. The van der Waals surface area contributed by atoms with E-state index in [2.05, 4.69) is 10.3 Å². The zero-order valence-electron chi connectivity index (χ0n) is 13.9. The van der Waals surface area contributed by atoms with Crippen LogP contribution in [0, 0.1) is 0 Å². The molecule has 2 aromatic heterocycles. The molecule has 1 fully saturated rings. The lowest BCUT2D eigenvalue weighted by atomic mass is 10.0. The highest BCUT2D eigenvalue weighted by atomic mass is 32.1. The molecule has 0 unspecified atom stereocenters. The maximum atomic E-state index is 12.4. The SMILES string of the molecule is C[C@@H](C(=O)NC1CCN(c2nccn(C)c2=O)CC1)c1cccs1. The van der Waals surface area contributed by atoms with E-state index in [0.717, 1.165) is 30.8 Å². The van der Waals surface area contributed by atoms with Crippen LogP contribution in [0.3, 0.4) is 0 Å². The molecule has 0 spiro atoms. The van der Waals surface area contributed by atoms with E-state index in [1.807, 2.05) is 29.3 Å². The van der Waals surface area contributed by atoms with Gasteiger partial charge in [0.25, 0.3) is 5.56 Å². The van der Waals surface area contributed by atoms with Crippen LogP contribution in [0.4, 0.5) is 5.82 Å². The van der Waals surface area contributed by atoms with E-state index < -0.39 is 0 Å². The summed E-state index contributed by atoms with van der Waals surface area (Å²) in [7, 11) is 1.73. The number of nitrogens with one attached hydrogen (secondary N) is 1. The Bertz CT molecular complexity index is 748. The van der Waals surface area contributed by atoms with Gasteiger partial charge in [0.05, 0.1) is 5.92 Å². The molecular formula is C17H22N4O2S. The summed E-state index contributed by atoms with van der Waals surface area (Å²) in [6, 6.07) is 4.12. The van der Waals surface area contributed by atoms with E-state index in [1.54, 1.807) is 35.3 Å². The van der Waals surface area contributed by atoms with Crippen molar-refractivity contribution in [1.29, 1.82) is 0 Å². The van der Waals surface area contributed by atoms with Gasteiger partial charge < -0.3 is 14.8 Å². The minimum Gasteiger partial charge on any atom is -0.353 e. The van der Waals surface area contributed by atoms with Gasteiger partial charge >= 0.3 is 0 Å². The van der Waals surface area contributed by atoms with Gasteiger partial charge in [0, 0.05) is 43.4 Å². The number of piperidine rings is 1. The standard InChI is InChI=1S/C17H22N4O2S/c1-12(14-4-3-11-24-14)16(22)19-13-5-8-21(9-6-13)15-17(23)20(2)10-7-18-15/h3-4,7,10-13H,5-6,8-9H2,1-2H3,(H,19,22)/t12-/m1/s1. The number of rotatable bonds is 4. The smallest absolute Gasteiger partial charge is 0.293 e. The van der Waals surface area contributed by atoms with Gasteiger partial charge in [0.2, 0.25) is 5.91 Å². The van der Waals surface area contributed by atoms with E-state index >= 15 is 0 Å². The Balaban J connectivity index is 1.56. The summed E-state index contributed by atoms with van der Waals surface area (Å²) < 4.78 is 1.54. The highest BCUT2D eigenvalue weighted by Gasteiger charge is 2.25. The third-order valence-corrected chi connectivity index (χ3v) is 5.56. The molecule has 0 bridgehead atoms. The fourth-order valence-corrected chi connectivity index (χ4v) is 3.71. The summed E-state index contributed by atoms with van der Waals surface area (Å²) in [4.78, 5) is 31.8. The number of carbonyl (C=O) groups excluding carboxylic acids is 1. The Hall–Kier alpha value is -2.15. The second-order valence-electron chi connectivity index (χ2n) is 6.17. The van der Waals surface area contributed by atoms with Crippen LogP contribution in [0.15, 0.2) is 34.7 Å². The average Bonchev–Trinajstić information content (AvgIpc) is 3.12. The summed E-state index contributed by atoms with van der Waals surface area (Å²) in [6.07, 6.45) is 4.95. The number of anilines is 1. The van der Waals surface area contributed by atoms with Gasteiger partial charge in [-0.1, -0.05) is 6.07 Å². The van der Waals surface area contributed by atoms with Crippen molar-refractivity contribution in [1.82, 2.24) is 14.9 Å². The molecule has 1 amide bonds. The molecular weight excluding hydrogens is 324 g/mol. The van der Waals surface area contributed by atoms with E-state index in [-0.39, 0.29) is 23.4 Å². The van der Waals surface area contributed by atoms with Crippen LogP contribution >= 0.6 is 11.3 Å². The summed E-state index contributed by atoms with van der Waals surface area (Å²) in [5, 5.41) is 5.13. The quantitative estimate of drug-likeness (QED) is 0.915. The molecule has 0 aromatic carbocycles. The predicted octanol–water partition coefficient (Wildman–Crippen LogP) is 1.73. The van der Waals surface area contributed by atoms with Crippen LogP contribution in [-0.4, -0.2) is 34.6 Å². The van der Waals surface area contributed by atoms with Gasteiger partial charge in [-0.15, -0.1) is 11.3 Å². The second kappa shape index (κ2) is 7.17. The molecule has 3 heterocycles. The first-order valence-corrected chi connectivity index (χ1v) is 9.04. The lowest BCUT2D eigenvalue weighted by Gasteiger charge is -2.33. The Morgan fingerprint density at radius 2 is 2.17 bits per heavy atom. The first kappa shape index (κ1) is 16.7. The highest BCUT2D eigenvalue weighted by Crippen LogP contribution is 2.22. The monoisotopic (exact) mass is 346 g/mol. The number of thiophene rings is 1. The molecule has 1 saturated heterocycles. The summed E-state index contributed by atoms with van der Waals surface area (Å²) >= 11 is 1.61. The Morgan fingerprint density at radius 1 is 1.42 bits per heavy atom. The molecule has 1 N–H and O–H groups in total. The molecule has 6 nitrogen and oxygen atoms in total. The van der Waals surface area contributed by atoms with Crippen molar-refractivity contribution in [3.8, 4) is 0 Å². The van der Waals surface area contributed by atoms with Crippen molar-refractivity contribution in [2.45, 2.75) is 31.7 Å². The average molecular weight is 346 g/mol. The largest absolute Gasteiger partial charge is 0.353 e. The summed E-state index contributed by atoms with van der Waals surface area (Å²) in [5.41, 5.74) is -0.0775. The summed E-state index contributed by atoms with van der Waals surface area (Å²) in [5.74, 6) is 0.451. The molecule has 0 aliphatic carbocycles. The number of hydrogen-bond donors (Lipinski definition) is 1. The molecule has 128 valence electrons. The maximum Gasteiger partial charge on any atom is 0.293 e. The molecule has 0 radical (unpaired) electrons. The first-order valence-electron chi connectivity index (χ1n) is 8.16. The van der Waals surface area contributed by atoms with Crippen molar-refractivity contribution in [2.24, 2.45) is 7.05 Å². The fraction of sp³-hybridized carbons (Fsp3) is 0.471. The van der Waals surface area contributed by atoms with Crippen LogP contribution in [0.1, 0.15) is 30.6 Å². The van der Waals surface area contributed by atoms with Crippen LogP contribution in [0.2, 0.25) is 0 Å². The summed E-state index contributed by atoms with van der Waals surface area (Å²) in [6.45, 7) is 3.39. The lowest BCUT2D eigenvalue weighted by Crippen LogP contribution is -2.47. The van der Waals surface area contributed by atoms with Gasteiger partial charge in [0.1, 0.15) is 0 Å². The highest BCUT2D eigenvalue weighted by molar-refractivity contribution is 7.10. The Morgan fingerprint density at radius 3 is 2.83 bits per heavy atom. The number of carbonyl (C=O) groups is 1. The van der Waals surface area contributed by atoms with Crippen LogP contribution in [0.25, 0.3) is 0 Å². The third kappa shape index (κ3) is 3.51. The number of hydrogen-bond acceptors (Lipinski definition) is 5. The minimum absolute atomic E-state index is 0.0737. The van der Waals surface area contributed by atoms with Gasteiger partial charge in [-0.2, -0.15) is 0 Å². The fourth-order valence-electron chi connectivity index (χ4n) is 2.93. The van der Waals surface area contributed by atoms with E-state index in [0.29, 0.717) is 5.82 Å². The number of aromatic nitrogens is 2. The molecule has 1 aliphatic heterocycles. The number of aryl methyl sites for hydroxylation is 1. The van der Waals surface area contributed by atoms with Crippen molar-refractivity contribution >= 4 is 23.1 Å². The van der Waals surface area contributed by atoms with E-state index in [9.17, 15) is 9.59 Å². The lowest BCUT2D eigenvalue weighted by molar-refractivity contribution is -0.123. The number of amides is 1. The van der Waals surface area contributed by atoms with Crippen molar-refractivity contribution < 1.29 is 4.79 Å². The van der Waals surface area contributed by atoms with Gasteiger partial charge in [-0.25, -0.2) is 4.98 Å². The van der Waals surface area contributed by atoms with Gasteiger partial charge in [-0.3, -0.25) is 9.59 Å². The Labute approximate surface area is 145 Å². The number of nitrogens with zero attached hydrogens (tertiary/aromatic N) is 3. The van der Waals surface area contributed by atoms with Crippen molar-refractivity contribution in [3.05, 3.63) is 45.1 Å². The van der Waals surface area contributed by atoms with Gasteiger partial charge in [0.15, 0.2) is 5.82 Å². The van der Waals surface area contributed by atoms with E-state index in [4.69, 9.17) is 0 Å². The molecule has 0 saturated carbocycles. The van der Waals surface area contributed by atoms with Crippen LogP contribution in [-0.2, 0) is 11.8 Å². The van der Waals surface area contributed by atoms with Crippen LogP contribution < -0.4 is 15.8 Å². The maximum absolute atomic E-state index is 12.4. The van der Waals surface area contributed by atoms with Crippen LogP contribution in [0.5, 0.6) is 0 Å². The molecule has 1 atom stereocenters. The topological polar surface area (TPSA) is 67.2 Å². The minimum atomic E-state index is -0.119. The normalized spacial score (nSPS) is 16.8. The molecule has 7 heteroatoms. The second-order valence-corrected chi connectivity index (χ2v) is 7.15. The molecule has 2 aromatic rings. The predicted molar refractivity (Wildman–Crippen MR) is 95.6 cm³/mol. The zero-order valence-corrected chi connectivity index (χ0v) is 14.8.